The third-order valence-electron chi connectivity index (χ3n) is 3.52. The van der Waals surface area contributed by atoms with E-state index in [-0.39, 0.29) is 17.9 Å². The molecule has 1 fully saturated rings. The van der Waals surface area contributed by atoms with E-state index in [0.717, 1.165) is 0 Å². The molecule has 0 saturated carbocycles. The van der Waals surface area contributed by atoms with Crippen LogP contribution in [0.25, 0.3) is 0 Å². The first kappa shape index (κ1) is 17.8. The van der Waals surface area contributed by atoms with Crippen molar-refractivity contribution in [3.8, 4) is 0 Å². The molecule has 2 amide bonds. The number of rotatable bonds is 7. The van der Waals surface area contributed by atoms with Crippen LogP contribution in [-0.2, 0) is 14.3 Å². The number of hydrogen-bond acceptors (Lipinski definition) is 5. The Kier molecular flexibility index (Phi) is 7.55. The van der Waals surface area contributed by atoms with Crippen molar-refractivity contribution >= 4 is 29.0 Å². The minimum Gasteiger partial charge on any atom is -0.393 e. The van der Waals surface area contributed by atoms with E-state index >= 15 is 0 Å². The van der Waals surface area contributed by atoms with E-state index in [4.69, 9.17) is 22.7 Å². The van der Waals surface area contributed by atoms with Gasteiger partial charge in [-0.15, -0.1) is 0 Å². The Morgan fingerprint density at radius 3 is 2.81 bits per heavy atom. The van der Waals surface area contributed by atoms with E-state index in [2.05, 4.69) is 5.32 Å². The second-order valence-electron chi connectivity index (χ2n) is 5.02. The fraction of sp³-hybridized carbons (Fsp3) is 0.769. The van der Waals surface area contributed by atoms with Crippen LogP contribution in [0, 0.1) is 0 Å². The van der Waals surface area contributed by atoms with Crippen molar-refractivity contribution in [1.82, 2.24) is 15.1 Å². The Morgan fingerprint density at radius 1 is 1.48 bits per heavy atom. The number of morpholine rings is 1. The molecule has 0 spiro atoms. The summed E-state index contributed by atoms with van der Waals surface area (Å²) in [4.78, 5) is 27.8. The lowest BCUT2D eigenvalue weighted by Gasteiger charge is -2.34. The quantitative estimate of drug-likeness (QED) is 0.583. The molecule has 3 N–H and O–H groups in total. The Bertz CT molecular complexity index is 392. The van der Waals surface area contributed by atoms with E-state index in [9.17, 15) is 9.59 Å². The van der Waals surface area contributed by atoms with Crippen LogP contribution in [-0.4, -0.2) is 79.6 Å². The van der Waals surface area contributed by atoms with Crippen molar-refractivity contribution < 1.29 is 14.3 Å². The van der Waals surface area contributed by atoms with Crippen molar-refractivity contribution in [1.29, 1.82) is 0 Å². The summed E-state index contributed by atoms with van der Waals surface area (Å²) in [5.74, 6) is -0.0580. The van der Waals surface area contributed by atoms with Crippen molar-refractivity contribution in [2.24, 2.45) is 5.73 Å². The van der Waals surface area contributed by atoms with Gasteiger partial charge in [-0.25, -0.2) is 0 Å². The molecular formula is C13H24N4O3S. The van der Waals surface area contributed by atoms with E-state index < -0.39 is 0 Å². The second kappa shape index (κ2) is 8.91. The SMILES string of the molecule is CNC(=O)C1COCCN1CCC(=O)N(C)CCC(N)=S. The third-order valence-corrected chi connectivity index (χ3v) is 3.72. The van der Waals surface area contributed by atoms with Crippen molar-refractivity contribution in [3.63, 3.8) is 0 Å². The smallest absolute Gasteiger partial charge is 0.239 e. The Morgan fingerprint density at radius 2 is 2.19 bits per heavy atom. The minimum absolute atomic E-state index is 0.0217. The van der Waals surface area contributed by atoms with Crippen molar-refractivity contribution in [3.05, 3.63) is 0 Å². The summed E-state index contributed by atoms with van der Waals surface area (Å²) in [7, 11) is 3.33. The van der Waals surface area contributed by atoms with Gasteiger partial charge in [0.1, 0.15) is 6.04 Å². The van der Waals surface area contributed by atoms with Gasteiger partial charge in [0.05, 0.1) is 18.2 Å². The van der Waals surface area contributed by atoms with Crippen LogP contribution in [0.5, 0.6) is 0 Å². The molecule has 7 nitrogen and oxygen atoms in total. The highest BCUT2D eigenvalue weighted by molar-refractivity contribution is 7.80. The maximum atomic E-state index is 12.0. The molecule has 0 aromatic rings. The number of hydrogen-bond donors (Lipinski definition) is 2. The van der Waals surface area contributed by atoms with Gasteiger partial charge in [0.2, 0.25) is 11.8 Å². The van der Waals surface area contributed by atoms with Crippen LogP contribution in [0.1, 0.15) is 12.8 Å². The van der Waals surface area contributed by atoms with Crippen molar-refractivity contribution in [2.75, 3.05) is 46.9 Å². The highest BCUT2D eigenvalue weighted by atomic mass is 32.1. The predicted molar refractivity (Wildman–Crippen MR) is 83.9 cm³/mol. The van der Waals surface area contributed by atoms with E-state index in [1.807, 2.05) is 4.90 Å². The average molecular weight is 316 g/mol. The molecule has 1 rings (SSSR count). The fourth-order valence-corrected chi connectivity index (χ4v) is 2.24. The monoisotopic (exact) mass is 316 g/mol. The first-order valence-corrected chi connectivity index (χ1v) is 7.42. The molecule has 8 heteroatoms. The summed E-state index contributed by atoms with van der Waals surface area (Å²) >= 11 is 4.80. The first-order valence-electron chi connectivity index (χ1n) is 7.01. The lowest BCUT2D eigenvalue weighted by Crippen LogP contribution is -2.53. The highest BCUT2D eigenvalue weighted by Crippen LogP contribution is 2.08. The molecule has 1 saturated heterocycles. The zero-order chi connectivity index (χ0) is 15.8. The van der Waals surface area contributed by atoms with Gasteiger partial charge < -0.3 is 20.7 Å². The number of carbonyl (C=O) groups is 2. The predicted octanol–water partition coefficient (Wildman–Crippen LogP) is -1.04. The molecular weight excluding hydrogens is 292 g/mol. The largest absolute Gasteiger partial charge is 0.393 e. The zero-order valence-electron chi connectivity index (χ0n) is 12.6. The maximum Gasteiger partial charge on any atom is 0.239 e. The van der Waals surface area contributed by atoms with Crippen molar-refractivity contribution in [2.45, 2.75) is 18.9 Å². The van der Waals surface area contributed by atoms with Gasteiger partial charge in [0.15, 0.2) is 0 Å². The first-order chi connectivity index (χ1) is 9.95. The van der Waals surface area contributed by atoms with E-state index in [1.165, 1.54) is 0 Å². The van der Waals surface area contributed by atoms with Gasteiger partial charge in [0, 0.05) is 46.6 Å². The maximum absolute atomic E-state index is 12.0. The van der Waals surface area contributed by atoms with Gasteiger partial charge in [-0.2, -0.15) is 0 Å². The van der Waals surface area contributed by atoms with Gasteiger partial charge in [0.25, 0.3) is 0 Å². The van der Waals surface area contributed by atoms with Crippen LogP contribution < -0.4 is 11.1 Å². The standard InChI is InChI=1S/C13H24N4O3S/c1-15-13(19)10-9-20-8-7-17(10)6-4-12(18)16(2)5-3-11(14)21/h10H,3-9H2,1-2H3,(H2,14,21)(H,15,19). The number of nitrogens with two attached hydrogens (primary N) is 1. The molecule has 1 atom stereocenters. The van der Waals surface area contributed by atoms with E-state index in [0.29, 0.717) is 50.7 Å². The molecule has 0 bridgehead atoms. The summed E-state index contributed by atoms with van der Waals surface area (Å²) in [6, 6.07) is -0.321. The molecule has 0 aliphatic carbocycles. The van der Waals surface area contributed by atoms with Crippen LogP contribution >= 0.6 is 12.2 Å². The molecule has 120 valence electrons. The topological polar surface area (TPSA) is 87.9 Å². The number of thiocarbonyl (C=S) groups is 1. The van der Waals surface area contributed by atoms with Gasteiger partial charge in [-0.05, 0) is 0 Å². The van der Waals surface area contributed by atoms with Gasteiger partial charge in [-0.3, -0.25) is 14.5 Å². The van der Waals surface area contributed by atoms with Gasteiger partial charge >= 0.3 is 0 Å². The molecule has 1 unspecified atom stereocenters. The number of nitrogens with zero attached hydrogens (tertiary/aromatic N) is 2. The number of likely N-dealkylation sites (N-methyl/N-ethyl adjacent to an activating group) is 1. The van der Waals surface area contributed by atoms with Crippen LogP contribution in [0.15, 0.2) is 0 Å². The number of ether oxygens (including phenoxy) is 1. The Balaban J connectivity index is 2.42. The number of carbonyl (C=O) groups excluding carboxylic acids is 2. The van der Waals surface area contributed by atoms with Crippen LogP contribution in [0.4, 0.5) is 0 Å². The summed E-state index contributed by atoms with van der Waals surface area (Å²) in [5, 5.41) is 2.62. The summed E-state index contributed by atoms with van der Waals surface area (Å²) in [5.41, 5.74) is 5.43. The highest BCUT2D eigenvalue weighted by Gasteiger charge is 2.28. The van der Waals surface area contributed by atoms with Crippen LogP contribution in [0.3, 0.4) is 0 Å². The minimum atomic E-state index is -0.321. The summed E-state index contributed by atoms with van der Waals surface area (Å²) in [6.07, 6.45) is 0.886. The average Bonchev–Trinajstić information content (AvgIpc) is 2.49. The summed E-state index contributed by atoms with van der Waals surface area (Å²) in [6.45, 7) is 2.67. The van der Waals surface area contributed by atoms with E-state index in [1.54, 1.807) is 19.0 Å². The third kappa shape index (κ3) is 5.94. The number of amides is 2. The lowest BCUT2D eigenvalue weighted by atomic mass is 10.2. The summed E-state index contributed by atoms with van der Waals surface area (Å²) < 4.78 is 5.33. The molecule has 0 aromatic carbocycles. The lowest BCUT2D eigenvalue weighted by molar-refractivity contribution is -0.135. The number of nitrogens with one attached hydrogen (secondary N) is 1. The Labute approximate surface area is 130 Å². The second-order valence-corrected chi connectivity index (χ2v) is 5.55. The fourth-order valence-electron chi connectivity index (χ4n) is 2.15. The molecule has 1 aliphatic heterocycles. The molecule has 1 heterocycles. The van der Waals surface area contributed by atoms with Gasteiger partial charge in [-0.1, -0.05) is 12.2 Å². The normalized spacial score (nSPS) is 19.0. The molecule has 21 heavy (non-hydrogen) atoms. The molecule has 0 aromatic heterocycles. The van der Waals surface area contributed by atoms with Crippen LogP contribution in [0.2, 0.25) is 0 Å². The molecule has 0 radical (unpaired) electrons. The molecule has 1 aliphatic rings. The zero-order valence-corrected chi connectivity index (χ0v) is 13.4. The Hall–Kier alpha value is -1.25.